The second-order valence-electron chi connectivity index (χ2n) is 4.81. The van der Waals surface area contributed by atoms with E-state index in [1.165, 1.54) is 18.2 Å². The second kappa shape index (κ2) is 4.79. The molecular weight excluding hydrogens is 308 g/mol. The lowest BCUT2D eigenvalue weighted by atomic mass is 10.2. The van der Waals surface area contributed by atoms with Gasteiger partial charge in [0.2, 0.25) is 9.84 Å². The van der Waals surface area contributed by atoms with E-state index in [4.69, 9.17) is 17.3 Å². The second-order valence-corrected chi connectivity index (χ2v) is 7.11. The van der Waals surface area contributed by atoms with Crippen LogP contribution in [0.4, 0.5) is 5.69 Å². The zero-order valence-corrected chi connectivity index (χ0v) is 12.8. The highest BCUT2D eigenvalue weighted by Gasteiger charge is 2.24. The van der Waals surface area contributed by atoms with Crippen molar-refractivity contribution >= 4 is 38.0 Å². The molecule has 0 spiro atoms. The van der Waals surface area contributed by atoms with Crippen LogP contribution in [-0.2, 0) is 9.84 Å². The number of aromatic nitrogens is 1. The van der Waals surface area contributed by atoms with Crippen LogP contribution in [0.25, 0.3) is 10.9 Å². The minimum atomic E-state index is -3.66. The lowest BCUT2D eigenvalue weighted by Gasteiger charge is -2.07. The number of nitrogens with one attached hydrogen (secondary N) is 1. The van der Waals surface area contributed by atoms with Crippen LogP contribution in [0.2, 0.25) is 5.02 Å². The van der Waals surface area contributed by atoms with E-state index in [1.807, 2.05) is 18.2 Å². The van der Waals surface area contributed by atoms with E-state index in [9.17, 15) is 8.42 Å². The number of halogens is 1. The SMILES string of the molecule is Cc1[nH]c2ccccc2c1S(=O)(=O)c1ccc(Cl)c(N)c1. The van der Waals surface area contributed by atoms with Crippen molar-refractivity contribution in [3.63, 3.8) is 0 Å². The Hall–Kier alpha value is -1.98. The summed E-state index contributed by atoms with van der Waals surface area (Å²) in [5, 5.41) is 1.01. The Morgan fingerprint density at radius 1 is 1.14 bits per heavy atom. The maximum atomic E-state index is 12.9. The van der Waals surface area contributed by atoms with Crippen molar-refractivity contribution < 1.29 is 8.42 Å². The standard InChI is InChI=1S/C15H13ClN2O2S/c1-9-15(11-4-2-3-5-14(11)18-9)21(19,20)10-6-7-12(16)13(17)8-10/h2-8,18H,17H2,1H3. The summed E-state index contributed by atoms with van der Waals surface area (Å²) in [5.74, 6) is 0. The fourth-order valence-electron chi connectivity index (χ4n) is 2.40. The first-order chi connectivity index (χ1) is 9.91. The number of H-pyrrole nitrogens is 1. The van der Waals surface area contributed by atoms with Crippen LogP contribution in [0.5, 0.6) is 0 Å². The minimum absolute atomic E-state index is 0.136. The molecule has 4 nitrogen and oxygen atoms in total. The third-order valence-electron chi connectivity index (χ3n) is 3.38. The Bertz CT molecular complexity index is 945. The van der Waals surface area contributed by atoms with Crippen LogP contribution in [0.1, 0.15) is 5.69 Å². The van der Waals surface area contributed by atoms with Gasteiger partial charge >= 0.3 is 0 Å². The van der Waals surface area contributed by atoms with Crippen LogP contribution in [0, 0.1) is 6.92 Å². The smallest absolute Gasteiger partial charge is 0.209 e. The lowest BCUT2D eigenvalue weighted by Crippen LogP contribution is -2.04. The highest BCUT2D eigenvalue weighted by atomic mass is 35.5. The van der Waals surface area contributed by atoms with E-state index in [0.29, 0.717) is 16.1 Å². The number of sulfone groups is 1. The molecule has 0 radical (unpaired) electrons. The zero-order valence-electron chi connectivity index (χ0n) is 11.2. The number of hydrogen-bond acceptors (Lipinski definition) is 3. The number of benzene rings is 2. The first-order valence-electron chi connectivity index (χ1n) is 6.28. The zero-order chi connectivity index (χ0) is 15.2. The van der Waals surface area contributed by atoms with Crippen molar-refractivity contribution in [2.24, 2.45) is 0 Å². The molecule has 0 aliphatic rings. The molecular formula is C15H13ClN2O2S. The number of fused-ring (bicyclic) bond motifs is 1. The maximum absolute atomic E-state index is 12.9. The first-order valence-corrected chi connectivity index (χ1v) is 8.15. The van der Waals surface area contributed by atoms with Gasteiger partial charge in [0.1, 0.15) is 0 Å². The molecule has 0 bridgehead atoms. The highest BCUT2D eigenvalue weighted by Crippen LogP contribution is 2.33. The van der Waals surface area contributed by atoms with Gasteiger partial charge in [-0.2, -0.15) is 0 Å². The fraction of sp³-hybridized carbons (Fsp3) is 0.0667. The Balaban J connectivity index is 2.30. The van der Waals surface area contributed by atoms with E-state index in [-0.39, 0.29) is 15.5 Å². The molecule has 1 heterocycles. The molecule has 6 heteroatoms. The molecule has 0 unspecified atom stereocenters. The van der Waals surface area contributed by atoms with Gasteiger partial charge in [-0.3, -0.25) is 0 Å². The van der Waals surface area contributed by atoms with Crippen LogP contribution < -0.4 is 5.73 Å². The van der Waals surface area contributed by atoms with E-state index < -0.39 is 9.84 Å². The van der Waals surface area contributed by atoms with Gasteiger partial charge in [-0.25, -0.2) is 8.42 Å². The molecule has 0 amide bonds. The molecule has 3 aromatic rings. The summed E-state index contributed by atoms with van der Waals surface area (Å²) in [6.45, 7) is 1.74. The van der Waals surface area contributed by atoms with Crippen molar-refractivity contribution in [1.82, 2.24) is 4.98 Å². The molecule has 0 aliphatic carbocycles. The third-order valence-corrected chi connectivity index (χ3v) is 5.66. The molecule has 1 aromatic heterocycles. The number of aryl methyl sites for hydroxylation is 1. The average molecular weight is 321 g/mol. The Labute approximate surface area is 127 Å². The van der Waals surface area contributed by atoms with Crippen LogP contribution in [0.3, 0.4) is 0 Å². The summed E-state index contributed by atoms with van der Waals surface area (Å²) in [5.41, 5.74) is 7.35. The maximum Gasteiger partial charge on any atom is 0.209 e. The van der Waals surface area contributed by atoms with Gasteiger partial charge in [0.05, 0.1) is 20.5 Å². The summed E-state index contributed by atoms with van der Waals surface area (Å²) >= 11 is 5.86. The van der Waals surface area contributed by atoms with Crippen LogP contribution in [0.15, 0.2) is 52.3 Å². The van der Waals surface area contributed by atoms with E-state index in [1.54, 1.807) is 13.0 Å². The number of anilines is 1. The molecule has 0 saturated carbocycles. The first kappa shape index (κ1) is 14.0. The molecule has 3 N–H and O–H groups in total. The van der Waals surface area contributed by atoms with Crippen molar-refractivity contribution in [2.45, 2.75) is 16.7 Å². The van der Waals surface area contributed by atoms with E-state index in [0.717, 1.165) is 5.52 Å². The monoisotopic (exact) mass is 320 g/mol. The van der Waals surface area contributed by atoms with Crippen molar-refractivity contribution in [3.05, 3.63) is 53.2 Å². The molecule has 0 aliphatic heterocycles. The van der Waals surface area contributed by atoms with Gasteiger partial charge in [0.15, 0.2) is 0 Å². The quantitative estimate of drug-likeness (QED) is 0.709. The summed E-state index contributed by atoms with van der Waals surface area (Å²) in [6, 6.07) is 11.6. The Morgan fingerprint density at radius 2 is 1.86 bits per heavy atom. The highest BCUT2D eigenvalue weighted by molar-refractivity contribution is 7.91. The lowest BCUT2D eigenvalue weighted by molar-refractivity contribution is 0.596. The molecule has 0 saturated heterocycles. The largest absolute Gasteiger partial charge is 0.397 e. The third kappa shape index (κ3) is 2.18. The fourth-order valence-corrected chi connectivity index (χ4v) is 4.21. The molecule has 0 atom stereocenters. The number of nitrogens with two attached hydrogens (primary N) is 1. The number of hydrogen-bond donors (Lipinski definition) is 2. The van der Waals surface area contributed by atoms with Gasteiger partial charge in [-0.15, -0.1) is 0 Å². The number of aromatic amines is 1. The molecule has 0 fully saturated rings. The van der Waals surface area contributed by atoms with Crippen LogP contribution >= 0.6 is 11.6 Å². The van der Waals surface area contributed by atoms with Gasteiger partial charge < -0.3 is 10.7 Å². The summed E-state index contributed by atoms with van der Waals surface area (Å²) in [6.07, 6.45) is 0. The number of nitrogen functional groups attached to an aromatic ring is 1. The summed E-state index contributed by atoms with van der Waals surface area (Å²) < 4.78 is 25.7. The minimum Gasteiger partial charge on any atom is -0.397 e. The number of para-hydroxylation sites is 1. The normalized spacial score (nSPS) is 11.9. The average Bonchev–Trinajstić information content (AvgIpc) is 2.78. The summed E-state index contributed by atoms with van der Waals surface area (Å²) in [4.78, 5) is 3.51. The predicted molar refractivity (Wildman–Crippen MR) is 84.4 cm³/mol. The van der Waals surface area contributed by atoms with E-state index in [2.05, 4.69) is 4.98 Å². The van der Waals surface area contributed by atoms with Gasteiger partial charge in [0.25, 0.3) is 0 Å². The van der Waals surface area contributed by atoms with Crippen molar-refractivity contribution in [3.8, 4) is 0 Å². The molecule has 21 heavy (non-hydrogen) atoms. The van der Waals surface area contributed by atoms with Gasteiger partial charge in [-0.05, 0) is 31.2 Å². The number of rotatable bonds is 2. The van der Waals surface area contributed by atoms with Crippen molar-refractivity contribution in [1.29, 1.82) is 0 Å². The predicted octanol–water partition coefficient (Wildman–Crippen LogP) is 3.54. The molecule has 3 rings (SSSR count). The van der Waals surface area contributed by atoms with E-state index >= 15 is 0 Å². The molecule has 108 valence electrons. The van der Waals surface area contributed by atoms with Gasteiger partial charge in [0, 0.05) is 16.6 Å². The topological polar surface area (TPSA) is 76.0 Å². The summed E-state index contributed by atoms with van der Waals surface area (Å²) in [7, 11) is -3.66. The Kier molecular flexibility index (Phi) is 3.19. The van der Waals surface area contributed by atoms with Crippen molar-refractivity contribution in [2.75, 3.05) is 5.73 Å². The van der Waals surface area contributed by atoms with Gasteiger partial charge in [-0.1, -0.05) is 29.8 Å². The Morgan fingerprint density at radius 3 is 2.57 bits per heavy atom. The van der Waals surface area contributed by atoms with Crippen LogP contribution in [-0.4, -0.2) is 13.4 Å². The molecule has 2 aromatic carbocycles.